The van der Waals surface area contributed by atoms with Crippen molar-refractivity contribution in [2.24, 2.45) is 0 Å². The van der Waals surface area contributed by atoms with Crippen molar-refractivity contribution in [1.82, 2.24) is 5.32 Å². The van der Waals surface area contributed by atoms with Crippen LogP contribution in [-0.2, 0) is 14.3 Å². The standard InChI is InChI=1S/C13H15FN2O5/c1-7-5-8(3-4-9(7)14)15-13(20)16-10(12(18)19)6-11(17)21-2/h3-5,10H,6H2,1-2H3,(H,18,19)(H2,15,16,20)/t10-/m0/s1. The van der Waals surface area contributed by atoms with Gasteiger partial charge in [-0.25, -0.2) is 14.0 Å². The van der Waals surface area contributed by atoms with Gasteiger partial charge in [-0.3, -0.25) is 4.79 Å². The smallest absolute Gasteiger partial charge is 0.326 e. The lowest BCUT2D eigenvalue weighted by Gasteiger charge is -2.14. The molecule has 1 rings (SSSR count). The van der Waals surface area contributed by atoms with Crippen LogP contribution in [0, 0.1) is 12.7 Å². The molecular formula is C13H15FN2O5. The molecule has 3 N–H and O–H groups in total. The highest BCUT2D eigenvalue weighted by Crippen LogP contribution is 2.13. The SMILES string of the molecule is COC(=O)C[C@H](NC(=O)Nc1ccc(F)c(C)c1)C(=O)O. The Hall–Kier alpha value is -2.64. The van der Waals surface area contributed by atoms with Gasteiger partial charge in [0.2, 0.25) is 0 Å². The Bertz CT molecular complexity index is 561. The molecule has 0 saturated heterocycles. The number of carbonyl (C=O) groups is 3. The fourth-order valence-electron chi connectivity index (χ4n) is 1.50. The van der Waals surface area contributed by atoms with Crippen LogP contribution in [0.5, 0.6) is 0 Å². The number of hydrogen-bond donors (Lipinski definition) is 3. The topological polar surface area (TPSA) is 105 Å². The first-order chi connectivity index (χ1) is 9.83. The number of esters is 1. The second kappa shape index (κ2) is 7.22. The van der Waals surface area contributed by atoms with Gasteiger partial charge in [0.15, 0.2) is 0 Å². The Labute approximate surface area is 120 Å². The monoisotopic (exact) mass is 298 g/mol. The Morgan fingerprint density at radius 1 is 1.38 bits per heavy atom. The van der Waals surface area contributed by atoms with Crippen LogP contribution in [-0.4, -0.2) is 36.2 Å². The summed E-state index contributed by atoms with van der Waals surface area (Å²) in [6.07, 6.45) is -0.498. The molecule has 0 saturated carbocycles. The predicted octanol–water partition coefficient (Wildman–Crippen LogP) is 1.27. The Kier molecular flexibility index (Phi) is 5.65. The third-order valence-corrected chi connectivity index (χ3v) is 2.62. The Morgan fingerprint density at radius 3 is 2.57 bits per heavy atom. The van der Waals surface area contributed by atoms with E-state index in [1.165, 1.54) is 25.1 Å². The molecule has 1 aromatic carbocycles. The number of nitrogens with one attached hydrogen (secondary N) is 2. The quantitative estimate of drug-likeness (QED) is 0.710. The zero-order valence-corrected chi connectivity index (χ0v) is 11.5. The first-order valence-corrected chi connectivity index (χ1v) is 5.96. The molecule has 21 heavy (non-hydrogen) atoms. The number of hydrogen-bond acceptors (Lipinski definition) is 4. The van der Waals surface area contributed by atoms with E-state index in [0.29, 0.717) is 11.3 Å². The van der Waals surface area contributed by atoms with E-state index in [0.717, 1.165) is 7.11 Å². The molecule has 0 heterocycles. The summed E-state index contributed by atoms with van der Waals surface area (Å²) in [5.41, 5.74) is 0.630. The van der Waals surface area contributed by atoms with Crippen LogP contribution in [0.25, 0.3) is 0 Å². The van der Waals surface area contributed by atoms with E-state index in [2.05, 4.69) is 15.4 Å². The van der Waals surface area contributed by atoms with Crippen molar-refractivity contribution in [3.8, 4) is 0 Å². The first-order valence-electron chi connectivity index (χ1n) is 5.96. The number of amides is 2. The van der Waals surface area contributed by atoms with Crippen LogP contribution in [0.1, 0.15) is 12.0 Å². The van der Waals surface area contributed by atoms with Gasteiger partial charge in [-0.05, 0) is 30.7 Å². The van der Waals surface area contributed by atoms with Gasteiger partial charge in [0, 0.05) is 5.69 Å². The first kappa shape index (κ1) is 16.4. The summed E-state index contributed by atoms with van der Waals surface area (Å²) in [7, 11) is 1.11. The fraction of sp³-hybridized carbons (Fsp3) is 0.308. The zero-order valence-electron chi connectivity index (χ0n) is 11.5. The molecule has 1 atom stereocenters. The molecule has 0 aliphatic rings. The third kappa shape index (κ3) is 5.09. The highest BCUT2D eigenvalue weighted by Gasteiger charge is 2.23. The molecular weight excluding hydrogens is 283 g/mol. The van der Waals surface area contributed by atoms with Crippen LogP contribution < -0.4 is 10.6 Å². The summed E-state index contributed by atoms with van der Waals surface area (Å²) in [6, 6.07) is 1.66. The lowest BCUT2D eigenvalue weighted by atomic mass is 10.2. The van der Waals surface area contributed by atoms with Crippen LogP contribution >= 0.6 is 0 Å². The number of carbonyl (C=O) groups excluding carboxylic acids is 2. The molecule has 0 radical (unpaired) electrons. The lowest BCUT2D eigenvalue weighted by molar-refractivity contribution is -0.147. The maximum atomic E-state index is 13.1. The molecule has 0 aliphatic heterocycles. The van der Waals surface area contributed by atoms with E-state index in [1.54, 1.807) is 0 Å². The number of aliphatic carboxylic acids is 1. The number of carboxylic acids is 1. The van der Waals surface area contributed by atoms with Crippen LogP contribution in [0.3, 0.4) is 0 Å². The Balaban J connectivity index is 2.67. The third-order valence-electron chi connectivity index (χ3n) is 2.62. The van der Waals surface area contributed by atoms with Gasteiger partial charge in [0.1, 0.15) is 11.9 Å². The molecule has 0 bridgehead atoms. The van der Waals surface area contributed by atoms with E-state index in [4.69, 9.17) is 5.11 Å². The molecule has 7 nitrogen and oxygen atoms in total. The Morgan fingerprint density at radius 2 is 2.05 bits per heavy atom. The van der Waals surface area contributed by atoms with Crippen molar-refractivity contribution >= 4 is 23.7 Å². The summed E-state index contributed by atoms with van der Waals surface area (Å²) in [5.74, 6) is -2.55. The van der Waals surface area contributed by atoms with Crippen molar-refractivity contribution in [3.05, 3.63) is 29.6 Å². The number of methoxy groups -OCH3 is 1. The van der Waals surface area contributed by atoms with Gasteiger partial charge in [0.05, 0.1) is 13.5 Å². The van der Waals surface area contributed by atoms with Gasteiger partial charge in [-0.15, -0.1) is 0 Å². The van der Waals surface area contributed by atoms with E-state index < -0.39 is 36.2 Å². The summed E-state index contributed by atoms with van der Waals surface area (Å²) in [5, 5.41) is 13.4. The van der Waals surface area contributed by atoms with Gasteiger partial charge < -0.3 is 20.5 Å². The summed E-state index contributed by atoms with van der Waals surface area (Å²) in [6.45, 7) is 1.52. The number of urea groups is 1. The molecule has 114 valence electrons. The number of rotatable bonds is 5. The van der Waals surface area contributed by atoms with Crippen molar-refractivity contribution in [3.63, 3.8) is 0 Å². The van der Waals surface area contributed by atoms with E-state index in [1.807, 2.05) is 0 Å². The van der Waals surface area contributed by atoms with E-state index in [-0.39, 0.29) is 0 Å². The minimum Gasteiger partial charge on any atom is -0.480 e. The number of halogens is 1. The van der Waals surface area contributed by atoms with Crippen molar-refractivity contribution in [1.29, 1.82) is 0 Å². The number of ether oxygens (including phenoxy) is 1. The van der Waals surface area contributed by atoms with E-state index in [9.17, 15) is 18.8 Å². The minimum absolute atomic E-state index is 0.300. The van der Waals surface area contributed by atoms with Crippen LogP contribution in [0.4, 0.5) is 14.9 Å². The van der Waals surface area contributed by atoms with Crippen LogP contribution in [0.2, 0.25) is 0 Å². The molecule has 8 heteroatoms. The second-order valence-corrected chi connectivity index (χ2v) is 4.23. The maximum Gasteiger partial charge on any atom is 0.326 e. The molecule has 0 fully saturated rings. The molecule has 0 unspecified atom stereocenters. The number of benzene rings is 1. The molecule has 0 aromatic heterocycles. The average Bonchev–Trinajstić information content (AvgIpc) is 2.41. The number of carboxylic acid groups (broad SMARTS) is 1. The van der Waals surface area contributed by atoms with E-state index >= 15 is 0 Å². The number of aryl methyl sites for hydroxylation is 1. The van der Waals surface area contributed by atoms with Crippen LogP contribution in [0.15, 0.2) is 18.2 Å². The van der Waals surface area contributed by atoms with Crippen molar-refractivity contribution in [2.75, 3.05) is 12.4 Å². The normalized spacial score (nSPS) is 11.4. The summed E-state index contributed by atoms with van der Waals surface area (Å²) in [4.78, 5) is 33.6. The summed E-state index contributed by atoms with van der Waals surface area (Å²) < 4.78 is 17.4. The largest absolute Gasteiger partial charge is 0.480 e. The number of anilines is 1. The zero-order chi connectivity index (χ0) is 16.0. The minimum atomic E-state index is -1.42. The maximum absolute atomic E-state index is 13.1. The molecule has 0 aliphatic carbocycles. The van der Waals surface area contributed by atoms with Gasteiger partial charge >= 0.3 is 18.0 Å². The van der Waals surface area contributed by atoms with Gasteiger partial charge in [-0.2, -0.15) is 0 Å². The average molecular weight is 298 g/mol. The van der Waals surface area contributed by atoms with Gasteiger partial charge in [-0.1, -0.05) is 0 Å². The molecule has 0 spiro atoms. The predicted molar refractivity (Wildman–Crippen MR) is 71.3 cm³/mol. The second-order valence-electron chi connectivity index (χ2n) is 4.23. The highest BCUT2D eigenvalue weighted by atomic mass is 19.1. The van der Waals surface area contributed by atoms with Crippen molar-refractivity contribution < 1.29 is 28.6 Å². The summed E-state index contributed by atoms with van der Waals surface area (Å²) >= 11 is 0. The lowest BCUT2D eigenvalue weighted by Crippen LogP contribution is -2.44. The fourth-order valence-corrected chi connectivity index (χ4v) is 1.50. The molecule has 1 aromatic rings. The highest BCUT2D eigenvalue weighted by molar-refractivity contribution is 5.93. The molecule has 2 amide bonds. The van der Waals surface area contributed by atoms with Gasteiger partial charge in [0.25, 0.3) is 0 Å². The van der Waals surface area contributed by atoms with Crippen molar-refractivity contribution in [2.45, 2.75) is 19.4 Å².